The van der Waals surface area contributed by atoms with Gasteiger partial charge in [0.2, 0.25) is 0 Å². The summed E-state index contributed by atoms with van der Waals surface area (Å²) in [5.74, 6) is 2.16. The predicted octanol–water partition coefficient (Wildman–Crippen LogP) is 1.54. The van der Waals surface area contributed by atoms with Crippen molar-refractivity contribution in [1.82, 2.24) is 10.6 Å². The summed E-state index contributed by atoms with van der Waals surface area (Å²) < 4.78 is 28.6. The van der Waals surface area contributed by atoms with Gasteiger partial charge in [-0.3, -0.25) is 4.99 Å². The number of nitrogens with one attached hydrogen (secondary N) is 2. The number of rotatable bonds is 6. The van der Waals surface area contributed by atoms with Gasteiger partial charge in [0.05, 0.1) is 18.6 Å². The molecule has 1 aliphatic heterocycles. The van der Waals surface area contributed by atoms with Gasteiger partial charge in [0.15, 0.2) is 15.8 Å². The smallest absolute Gasteiger partial charge is 0.191 e. The van der Waals surface area contributed by atoms with E-state index in [-0.39, 0.29) is 23.5 Å². The molecule has 0 radical (unpaired) electrons. The molecule has 2 N–H and O–H groups in total. The number of para-hydroxylation sites is 1. The van der Waals surface area contributed by atoms with Crippen molar-refractivity contribution in [2.75, 3.05) is 31.7 Å². The van der Waals surface area contributed by atoms with Gasteiger partial charge >= 0.3 is 0 Å². The highest BCUT2D eigenvalue weighted by Gasteiger charge is 2.28. The molecule has 0 spiro atoms. The first-order valence-electron chi connectivity index (χ1n) is 8.33. The summed E-state index contributed by atoms with van der Waals surface area (Å²) in [5.41, 5.74) is 1.11. The monoisotopic (exact) mass is 353 g/mol. The van der Waals surface area contributed by atoms with Crippen molar-refractivity contribution in [1.29, 1.82) is 0 Å². The van der Waals surface area contributed by atoms with E-state index in [4.69, 9.17) is 4.74 Å². The summed E-state index contributed by atoms with van der Waals surface area (Å²) >= 11 is 0. The summed E-state index contributed by atoms with van der Waals surface area (Å²) in [6.07, 6.45) is 0.634. The molecular weight excluding hydrogens is 326 g/mol. The lowest BCUT2D eigenvalue weighted by atomic mass is 10.0. The van der Waals surface area contributed by atoms with Gasteiger partial charge in [0.1, 0.15) is 5.75 Å². The summed E-state index contributed by atoms with van der Waals surface area (Å²) in [6.45, 7) is 5.42. The average molecular weight is 353 g/mol. The molecule has 6 nitrogen and oxygen atoms in total. The number of benzene rings is 1. The number of sulfone groups is 1. The quantitative estimate of drug-likeness (QED) is 0.599. The Balaban J connectivity index is 2.02. The van der Waals surface area contributed by atoms with E-state index in [9.17, 15) is 8.42 Å². The van der Waals surface area contributed by atoms with Gasteiger partial charge in [-0.05, 0) is 25.0 Å². The van der Waals surface area contributed by atoms with Crippen LogP contribution in [-0.4, -0.2) is 52.1 Å². The summed E-state index contributed by atoms with van der Waals surface area (Å²) in [6, 6.07) is 7.87. The van der Waals surface area contributed by atoms with Crippen molar-refractivity contribution >= 4 is 15.8 Å². The summed E-state index contributed by atoms with van der Waals surface area (Å²) in [4.78, 5) is 4.62. The zero-order valence-electron chi connectivity index (χ0n) is 14.6. The molecule has 1 heterocycles. The summed E-state index contributed by atoms with van der Waals surface area (Å²) in [7, 11) is -1.23. The molecule has 2 atom stereocenters. The van der Waals surface area contributed by atoms with Crippen LogP contribution in [0.25, 0.3) is 0 Å². The van der Waals surface area contributed by atoms with Gasteiger partial charge in [0, 0.05) is 25.0 Å². The number of hydrogen-bond acceptors (Lipinski definition) is 4. The second kappa shape index (κ2) is 8.37. The number of nitrogens with zero attached hydrogens (tertiary/aromatic N) is 1. The minimum atomic E-state index is -2.90. The molecule has 2 unspecified atom stereocenters. The third kappa shape index (κ3) is 5.12. The number of guanidine groups is 1. The number of hydrogen-bond donors (Lipinski definition) is 2. The number of ether oxygens (including phenoxy) is 1. The van der Waals surface area contributed by atoms with Crippen molar-refractivity contribution in [3.8, 4) is 5.75 Å². The largest absolute Gasteiger partial charge is 0.496 e. The Kier molecular flexibility index (Phi) is 6.48. The number of aliphatic imine (C=N–C) groups is 1. The molecule has 134 valence electrons. The topological polar surface area (TPSA) is 79.8 Å². The van der Waals surface area contributed by atoms with Gasteiger partial charge in [-0.1, -0.05) is 25.1 Å². The van der Waals surface area contributed by atoms with Crippen molar-refractivity contribution in [3.63, 3.8) is 0 Å². The molecule has 1 aromatic carbocycles. The maximum Gasteiger partial charge on any atom is 0.191 e. The van der Waals surface area contributed by atoms with Crippen LogP contribution in [0, 0.1) is 0 Å². The van der Waals surface area contributed by atoms with Crippen LogP contribution in [0.5, 0.6) is 5.75 Å². The van der Waals surface area contributed by atoms with E-state index < -0.39 is 9.84 Å². The zero-order chi connectivity index (χ0) is 17.6. The van der Waals surface area contributed by atoms with Gasteiger partial charge < -0.3 is 15.4 Å². The van der Waals surface area contributed by atoms with Crippen LogP contribution in [0.1, 0.15) is 31.7 Å². The first kappa shape index (κ1) is 18.6. The molecule has 0 amide bonds. The lowest BCUT2D eigenvalue weighted by Gasteiger charge is -2.18. The molecule has 1 aromatic rings. The third-order valence-electron chi connectivity index (χ3n) is 4.11. The Hall–Kier alpha value is -1.76. The standard InChI is InChI=1S/C17H27N3O3S/c1-4-18-17(20-14-9-10-24(21,22)12-14)19-11-13(2)15-7-5-6-8-16(15)23-3/h5-8,13-14H,4,9-12H2,1-3H3,(H2,18,19,20). The molecule has 1 fully saturated rings. The molecule has 0 bridgehead atoms. The highest BCUT2D eigenvalue weighted by atomic mass is 32.2. The molecule has 0 aliphatic carbocycles. The Labute approximate surface area is 144 Å². The average Bonchev–Trinajstić information content (AvgIpc) is 2.91. The van der Waals surface area contributed by atoms with Crippen LogP contribution in [-0.2, 0) is 9.84 Å². The van der Waals surface area contributed by atoms with Crippen LogP contribution >= 0.6 is 0 Å². The normalized spacial score (nSPS) is 21.3. The molecule has 0 aromatic heterocycles. The molecular formula is C17H27N3O3S. The van der Waals surface area contributed by atoms with Gasteiger partial charge in [-0.25, -0.2) is 8.42 Å². The van der Waals surface area contributed by atoms with Crippen molar-refractivity contribution in [2.45, 2.75) is 32.2 Å². The lowest BCUT2D eigenvalue weighted by Crippen LogP contribution is -2.44. The van der Waals surface area contributed by atoms with E-state index in [0.29, 0.717) is 18.9 Å². The van der Waals surface area contributed by atoms with Crippen LogP contribution in [0.4, 0.5) is 0 Å². The van der Waals surface area contributed by atoms with E-state index in [0.717, 1.165) is 17.9 Å². The fourth-order valence-corrected chi connectivity index (χ4v) is 4.50. The third-order valence-corrected chi connectivity index (χ3v) is 5.88. The Morgan fingerprint density at radius 2 is 2.17 bits per heavy atom. The maximum absolute atomic E-state index is 11.6. The molecule has 2 rings (SSSR count). The van der Waals surface area contributed by atoms with Crippen LogP contribution in [0.2, 0.25) is 0 Å². The van der Waals surface area contributed by atoms with Gasteiger partial charge in [-0.2, -0.15) is 0 Å². The molecule has 1 saturated heterocycles. The van der Waals surface area contributed by atoms with Gasteiger partial charge in [-0.15, -0.1) is 0 Å². The minimum Gasteiger partial charge on any atom is -0.496 e. The molecule has 24 heavy (non-hydrogen) atoms. The SMILES string of the molecule is CCNC(=NCC(C)c1ccccc1OC)NC1CCS(=O)(=O)C1. The van der Waals surface area contributed by atoms with Crippen LogP contribution < -0.4 is 15.4 Å². The maximum atomic E-state index is 11.6. The first-order valence-corrected chi connectivity index (χ1v) is 10.2. The zero-order valence-corrected chi connectivity index (χ0v) is 15.4. The molecule has 0 saturated carbocycles. The van der Waals surface area contributed by atoms with Gasteiger partial charge in [0.25, 0.3) is 0 Å². The van der Waals surface area contributed by atoms with E-state index >= 15 is 0 Å². The first-order chi connectivity index (χ1) is 11.4. The Bertz CT molecular complexity index is 673. The van der Waals surface area contributed by atoms with E-state index in [1.54, 1.807) is 7.11 Å². The molecule has 1 aliphatic rings. The lowest BCUT2D eigenvalue weighted by molar-refractivity contribution is 0.406. The minimum absolute atomic E-state index is 0.0608. The highest BCUT2D eigenvalue weighted by molar-refractivity contribution is 7.91. The fourth-order valence-electron chi connectivity index (χ4n) is 2.82. The predicted molar refractivity (Wildman–Crippen MR) is 97.6 cm³/mol. The second-order valence-electron chi connectivity index (χ2n) is 6.11. The fraction of sp³-hybridized carbons (Fsp3) is 0.588. The van der Waals surface area contributed by atoms with Crippen molar-refractivity contribution in [3.05, 3.63) is 29.8 Å². The van der Waals surface area contributed by atoms with Crippen molar-refractivity contribution < 1.29 is 13.2 Å². The highest BCUT2D eigenvalue weighted by Crippen LogP contribution is 2.26. The van der Waals surface area contributed by atoms with E-state index in [1.807, 2.05) is 31.2 Å². The Morgan fingerprint density at radius 1 is 1.42 bits per heavy atom. The Morgan fingerprint density at radius 3 is 2.79 bits per heavy atom. The summed E-state index contributed by atoms with van der Waals surface area (Å²) in [5, 5.41) is 6.42. The molecule has 7 heteroatoms. The van der Waals surface area contributed by atoms with Crippen LogP contribution in [0.3, 0.4) is 0 Å². The van der Waals surface area contributed by atoms with E-state index in [2.05, 4.69) is 22.5 Å². The second-order valence-corrected chi connectivity index (χ2v) is 8.34. The van der Waals surface area contributed by atoms with E-state index in [1.165, 1.54) is 0 Å². The number of methoxy groups -OCH3 is 1. The van der Waals surface area contributed by atoms with Crippen LogP contribution in [0.15, 0.2) is 29.3 Å². The van der Waals surface area contributed by atoms with Crippen molar-refractivity contribution in [2.24, 2.45) is 4.99 Å².